The fraction of sp³-hybridized carbons (Fsp3) is 0.185. The molecule has 0 bridgehead atoms. The first-order valence-corrected chi connectivity index (χ1v) is 12.0. The molecule has 0 unspecified atom stereocenters. The van der Waals surface area contributed by atoms with Gasteiger partial charge in [0.15, 0.2) is 5.11 Å². The van der Waals surface area contributed by atoms with E-state index in [1.165, 1.54) is 12.1 Å². The van der Waals surface area contributed by atoms with Crippen molar-refractivity contribution in [3.05, 3.63) is 106 Å². The molecular formula is C27H24ClFN4OS. The van der Waals surface area contributed by atoms with Crippen molar-refractivity contribution in [1.29, 1.82) is 0 Å². The summed E-state index contributed by atoms with van der Waals surface area (Å²) in [6, 6.07) is 19.5. The van der Waals surface area contributed by atoms with Crippen LogP contribution in [0, 0.1) is 19.7 Å². The number of pyridine rings is 1. The second-order valence-electron chi connectivity index (χ2n) is 8.45. The van der Waals surface area contributed by atoms with Gasteiger partial charge in [-0.05, 0) is 92.3 Å². The summed E-state index contributed by atoms with van der Waals surface area (Å²) >= 11 is 12.1. The Morgan fingerprint density at radius 3 is 2.51 bits per heavy atom. The van der Waals surface area contributed by atoms with E-state index in [1.807, 2.05) is 41.3 Å². The molecule has 2 aromatic heterocycles. The molecule has 1 aliphatic rings. The van der Waals surface area contributed by atoms with Gasteiger partial charge >= 0.3 is 0 Å². The number of benzene rings is 2. The van der Waals surface area contributed by atoms with Gasteiger partial charge in [0.05, 0.1) is 30.6 Å². The van der Waals surface area contributed by atoms with Gasteiger partial charge in [0.2, 0.25) is 0 Å². The first kappa shape index (κ1) is 23.3. The summed E-state index contributed by atoms with van der Waals surface area (Å²) in [7, 11) is 1.65. The molecule has 0 saturated carbocycles. The van der Waals surface area contributed by atoms with Crippen molar-refractivity contribution in [3.63, 3.8) is 0 Å². The Kier molecular flexibility index (Phi) is 6.21. The topological polar surface area (TPSA) is 42.3 Å². The molecule has 1 saturated heterocycles. The largest absolute Gasteiger partial charge is 0.495 e. The number of nitrogens with zero attached hydrogens (tertiary/aromatic N) is 3. The molecule has 0 aliphatic carbocycles. The number of halogens is 2. The van der Waals surface area contributed by atoms with Crippen LogP contribution in [0.3, 0.4) is 0 Å². The molecule has 1 aliphatic heterocycles. The highest BCUT2D eigenvalue weighted by molar-refractivity contribution is 7.80. The third-order valence-electron chi connectivity index (χ3n) is 6.37. The minimum absolute atomic E-state index is 0.205. The lowest BCUT2D eigenvalue weighted by Gasteiger charge is -2.28. The van der Waals surface area contributed by atoms with Crippen LogP contribution in [0.15, 0.2) is 72.9 Å². The summed E-state index contributed by atoms with van der Waals surface area (Å²) in [6.45, 7) is 4.12. The van der Waals surface area contributed by atoms with Crippen LogP contribution >= 0.6 is 23.8 Å². The van der Waals surface area contributed by atoms with Gasteiger partial charge in [0, 0.05) is 28.3 Å². The van der Waals surface area contributed by atoms with Crippen LogP contribution in [0.25, 0.3) is 5.69 Å². The number of anilines is 1. The first-order valence-electron chi connectivity index (χ1n) is 11.2. The zero-order valence-electron chi connectivity index (χ0n) is 19.5. The Labute approximate surface area is 214 Å². The molecule has 1 fully saturated rings. The molecule has 0 amide bonds. The average molecular weight is 507 g/mol. The molecule has 35 heavy (non-hydrogen) atoms. The van der Waals surface area contributed by atoms with Gasteiger partial charge in [-0.3, -0.25) is 4.98 Å². The Morgan fingerprint density at radius 2 is 1.83 bits per heavy atom. The molecule has 8 heteroatoms. The molecule has 178 valence electrons. The average Bonchev–Trinajstić information content (AvgIpc) is 3.35. The van der Waals surface area contributed by atoms with Crippen molar-refractivity contribution in [3.8, 4) is 11.4 Å². The highest BCUT2D eigenvalue weighted by Crippen LogP contribution is 2.44. The van der Waals surface area contributed by atoms with E-state index in [4.69, 9.17) is 28.6 Å². The third kappa shape index (κ3) is 4.15. The predicted molar refractivity (Wildman–Crippen MR) is 141 cm³/mol. The molecule has 5 nitrogen and oxygen atoms in total. The lowest BCUT2D eigenvalue weighted by atomic mass is 9.96. The summed E-state index contributed by atoms with van der Waals surface area (Å²) in [4.78, 5) is 6.65. The van der Waals surface area contributed by atoms with Gasteiger partial charge in [-0.25, -0.2) is 4.39 Å². The SMILES string of the molecule is COc1ccc(Cl)cc1-n1c(C)cc([C@H]2[C@H](c3ccccn3)NC(=S)N2c2ccc(F)cc2)c1C. The van der Waals surface area contributed by atoms with E-state index in [1.54, 1.807) is 25.4 Å². The van der Waals surface area contributed by atoms with Crippen molar-refractivity contribution < 1.29 is 9.13 Å². The molecule has 0 radical (unpaired) electrons. The van der Waals surface area contributed by atoms with Crippen LogP contribution in [0.1, 0.15) is 34.7 Å². The van der Waals surface area contributed by atoms with Crippen LogP contribution in [-0.4, -0.2) is 21.8 Å². The normalized spacial score (nSPS) is 17.5. The number of rotatable bonds is 5. The molecule has 1 N–H and O–H groups in total. The van der Waals surface area contributed by atoms with Crippen LogP contribution in [0.2, 0.25) is 5.02 Å². The van der Waals surface area contributed by atoms with E-state index < -0.39 is 0 Å². The summed E-state index contributed by atoms with van der Waals surface area (Å²) in [6.07, 6.45) is 1.78. The predicted octanol–water partition coefficient (Wildman–Crippen LogP) is 6.47. The lowest BCUT2D eigenvalue weighted by molar-refractivity contribution is 0.412. The second-order valence-corrected chi connectivity index (χ2v) is 9.27. The minimum Gasteiger partial charge on any atom is -0.495 e. The molecule has 5 rings (SSSR count). The highest BCUT2D eigenvalue weighted by Gasteiger charge is 2.42. The summed E-state index contributed by atoms with van der Waals surface area (Å²) < 4.78 is 21.5. The maximum atomic E-state index is 13.7. The lowest BCUT2D eigenvalue weighted by Crippen LogP contribution is -2.29. The zero-order valence-corrected chi connectivity index (χ0v) is 21.1. The maximum Gasteiger partial charge on any atom is 0.174 e. The van der Waals surface area contributed by atoms with Crippen LogP contribution < -0.4 is 15.0 Å². The molecule has 2 atom stereocenters. The van der Waals surface area contributed by atoms with Crippen LogP contribution in [-0.2, 0) is 0 Å². The fourth-order valence-corrected chi connectivity index (χ4v) is 5.36. The Bertz CT molecular complexity index is 1390. The second kappa shape index (κ2) is 9.32. The third-order valence-corrected chi connectivity index (χ3v) is 6.92. The Hall–Kier alpha value is -3.42. The van der Waals surface area contributed by atoms with E-state index in [0.29, 0.717) is 10.1 Å². The highest BCUT2D eigenvalue weighted by atomic mass is 35.5. The number of thiocarbonyl (C=S) groups is 1. The van der Waals surface area contributed by atoms with E-state index in [0.717, 1.165) is 39.8 Å². The van der Waals surface area contributed by atoms with Gasteiger partial charge < -0.3 is 19.5 Å². The molecular weight excluding hydrogens is 483 g/mol. The number of methoxy groups -OCH3 is 1. The number of nitrogens with one attached hydrogen (secondary N) is 1. The zero-order chi connectivity index (χ0) is 24.7. The van der Waals surface area contributed by atoms with Crippen molar-refractivity contribution in [1.82, 2.24) is 14.9 Å². The van der Waals surface area contributed by atoms with Gasteiger partial charge in [-0.15, -0.1) is 0 Å². The summed E-state index contributed by atoms with van der Waals surface area (Å²) in [5.74, 6) is 0.426. The molecule has 4 aromatic rings. The van der Waals surface area contributed by atoms with E-state index in [9.17, 15) is 4.39 Å². The van der Waals surface area contributed by atoms with Crippen LogP contribution in [0.4, 0.5) is 10.1 Å². The molecule has 0 spiro atoms. The standard InChI is InChI=1S/C27H24ClFN4OS/c1-16-14-21(17(2)32(16)23-15-18(28)7-12-24(23)34-3)26-25(22-6-4-5-13-30-22)31-27(35)33(26)20-10-8-19(29)9-11-20/h4-15,25-26H,1-3H3,(H,31,35)/t25-,26-/m0/s1. The molecule has 3 heterocycles. The van der Waals surface area contributed by atoms with Gasteiger partial charge in [-0.1, -0.05) is 17.7 Å². The van der Waals surface area contributed by atoms with Crippen molar-refractivity contribution in [2.45, 2.75) is 25.9 Å². The minimum atomic E-state index is -0.295. The van der Waals surface area contributed by atoms with Gasteiger partial charge in [-0.2, -0.15) is 0 Å². The van der Waals surface area contributed by atoms with Gasteiger partial charge in [0.1, 0.15) is 11.6 Å². The number of aromatic nitrogens is 2. The quantitative estimate of drug-likeness (QED) is 0.314. The van der Waals surface area contributed by atoms with Crippen molar-refractivity contribution in [2.24, 2.45) is 0 Å². The smallest absolute Gasteiger partial charge is 0.174 e. The summed E-state index contributed by atoms with van der Waals surface area (Å²) in [5.41, 5.74) is 5.64. The van der Waals surface area contributed by atoms with E-state index in [-0.39, 0.29) is 17.9 Å². The van der Waals surface area contributed by atoms with Crippen molar-refractivity contribution >= 4 is 34.6 Å². The monoisotopic (exact) mass is 506 g/mol. The number of hydrogen-bond donors (Lipinski definition) is 1. The van der Waals surface area contributed by atoms with E-state index in [2.05, 4.69) is 34.8 Å². The fourth-order valence-electron chi connectivity index (χ4n) is 4.85. The summed E-state index contributed by atoms with van der Waals surface area (Å²) in [5, 5.41) is 4.64. The number of ether oxygens (including phenoxy) is 1. The maximum absolute atomic E-state index is 13.7. The number of aryl methyl sites for hydroxylation is 1. The Balaban J connectivity index is 1.70. The number of hydrogen-bond acceptors (Lipinski definition) is 3. The van der Waals surface area contributed by atoms with Gasteiger partial charge in [0.25, 0.3) is 0 Å². The first-order chi connectivity index (χ1) is 16.9. The van der Waals surface area contributed by atoms with Crippen LogP contribution in [0.5, 0.6) is 5.75 Å². The van der Waals surface area contributed by atoms with E-state index >= 15 is 0 Å². The Morgan fingerprint density at radius 1 is 1.06 bits per heavy atom. The van der Waals surface area contributed by atoms with Crippen molar-refractivity contribution in [2.75, 3.05) is 12.0 Å². The molecule has 2 aromatic carbocycles.